The Morgan fingerprint density at radius 1 is 1.26 bits per heavy atom. The van der Waals surface area contributed by atoms with Crippen molar-refractivity contribution in [3.63, 3.8) is 0 Å². The number of benzene rings is 2. The molecular weight excluding hydrogens is 360 g/mol. The zero-order valence-corrected chi connectivity index (χ0v) is 16.4. The van der Waals surface area contributed by atoms with Gasteiger partial charge in [-0.05, 0) is 48.7 Å². The van der Waals surface area contributed by atoms with E-state index in [0.717, 1.165) is 27.8 Å². The molecule has 140 valence electrons. The Morgan fingerprint density at radius 3 is 2.85 bits per heavy atom. The van der Waals surface area contributed by atoms with E-state index in [0.29, 0.717) is 23.2 Å². The average Bonchev–Trinajstić information content (AvgIpc) is 3.08. The smallest absolute Gasteiger partial charge is 0.250 e. The van der Waals surface area contributed by atoms with Crippen LogP contribution in [0.2, 0.25) is 0 Å². The lowest BCUT2D eigenvalue weighted by Gasteiger charge is -2.10. The van der Waals surface area contributed by atoms with E-state index >= 15 is 0 Å². The van der Waals surface area contributed by atoms with Gasteiger partial charge in [-0.25, -0.2) is 4.98 Å². The van der Waals surface area contributed by atoms with Gasteiger partial charge in [0.15, 0.2) is 16.6 Å². The lowest BCUT2D eigenvalue weighted by molar-refractivity contribution is -0.111. The van der Waals surface area contributed by atoms with Crippen molar-refractivity contribution in [1.29, 1.82) is 0 Å². The molecule has 0 atom stereocenters. The summed E-state index contributed by atoms with van der Waals surface area (Å²) in [6, 6.07) is 11.6. The number of nitrogens with one attached hydrogen (secondary N) is 1. The van der Waals surface area contributed by atoms with E-state index in [1.165, 1.54) is 17.4 Å². The minimum absolute atomic E-state index is 0.225. The maximum Gasteiger partial charge on any atom is 0.250 e. The molecule has 1 N–H and O–H groups in total. The predicted molar refractivity (Wildman–Crippen MR) is 111 cm³/mol. The number of fused-ring (bicyclic) bond motifs is 1. The average molecular weight is 382 g/mol. The molecule has 27 heavy (non-hydrogen) atoms. The maximum atomic E-state index is 12.2. The number of anilines is 1. The summed E-state index contributed by atoms with van der Waals surface area (Å²) in [4.78, 5) is 16.7. The van der Waals surface area contributed by atoms with Crippen molar-refractivity contribution in [2.75, 3.05) is 19.0 Å². The summed E-state index contributed by atoms with van der Waals surface area (Å²) in [5.74, 6) is 1.12. The number of methoxy groups -OCH3 is 1. The predicted octanol–water partition coefficient (Wildman–Crippen LogP) is 5.05. The van der Waals surface area contributed by atoms with Crippen LogP contribution in [0.25, 0.3) is 16.3 Å². The Labute approximate surface area is 162 Å². The maximum absolute atomic E-state index is 12.2. The Hall–Kier alpha value is -2.86. The van der Waals surface area contributed by atoms with Crippen LogP contribution in [-0.4, -0.2) is 24.6 Å². The highest BCUT2D eigenvalue weighted by molar-refractivity contribution is 7.22. The zero-order valence-electron chi connectivity index (χ0n) is 15.6. The van der Waals surface area contributed by atoms with Gasteiger partial charge in [0.2, 0.25) is 5.91 Å². The number of aryl methyl sites for hydroxylation is 1. The largest absolute Gasteiger partial charge is 0.493 e. The van der Waals surface area contributed by atoms with E-state index in [-0.39, 0.29) is 5.91 Å². The first-order chi connectivity index (χ1) is 13.1. The summed E-state index contributed by atoms with van der Waals surface area (Å²) in [6.45, 7) is 4.69. The highest BCUT2D eigenvalue weighted by atomic mass is 32.1. The SMILES string of the molecule is CCCOc1ccc(/C=C/C(=O)Nc2nc3c(C)cccc3s2)cc1OC. The van der Waals surface area contributed by atoms with Crippen LogP contribution in [0.15, 0.2) is 42.5 Å². The first-order valence-electron chi connectivity index (χ1n) is 8.76. The van der Waals surface area contributed by atoms with Crippen LogP contribution >= 0.6 is 11.3 Å². The third-order valence-corrected chi connectivity index (χ3v) is 4.86. The van der Waals surface area contributed by atoms with Gasteiger partial charge in [0, 0.05) is 6.08 Å². The molecule has 0 saturated carbocycles. The molecule has 0 unspecified atom stereocenters. The number of carbonyl (C=O) groups is 1. The molecule has 6 heteroatoms. The van der Waals surface area contributed by atoms with E-state index in [4.69, 9.17) is 9.47 Å². The van der Waals surface area contributed by atoms with Gasteiger partial charge in [0.25, 0.3) is 0 Å². The summed E-state index contributed by atoms with van der Waals surface area (Å²) in [5.41, 5.74) is 2.87. The fourth-order valence-corrected chi connectivity index (χ4v) is 3.52. The monoisotopic (exact) mass is 382 g/mol. The first-order valence-corrected chi connectivity index (χ1v) is 9.58. The van der Waals surface area contributed by atoms with Crippen LogP contribution in [0, 0.1) is 6.92 Å². The number of ether oxygens (including phenoxy) is 2. The number of nitrogens with zero attached hydrogens (tertiary/aromatic N) is 1. The van der Waals surface area contributed by atoms with Crippen LogP contribution in [0.5, 0.6) is 11.5 Å². The highest BCUT2D eigenvalue weighted by Crippen LogP contribution is 2.29. The number of thiazole rings is 1. The number of para-hydroxylation sites is 1. The third-order valence-electron chi connectivity index (χ3n) is 3.93. The van der Waals surface area contributed by atoms with Crippen molar-refractivity contribution in [3.8, 4) is 11.5 Å². The molecule has 3 rings (SSSR count). The second-order valence-electron chi connectivity index (χ2n) is 6.02. The molecule has 0 bridgehead atoms. The number of aromatic nitrogens is 1. The molecule has 3 aromatic rings. The summed E-state index contributed by atoms with van der Waals surface area (Å²) >= 11 is 1.46. The highest BCUT2D eigenvalue weighted by Gasteiger charge is 2.08. The molecular formula is C21H22N2O3S. The number of carbonyl (C=O) groups excluding carboxylic acids is 1. The van der Waals surface area contributed by atoms with Crippen LogP contribution < -0.4 is 14.8 Å². The van der Waals surface area contributed by atoms with E-state index in [2.05, 4.69) is 17.2 Å². The molecule has 0 aliphatic carbocycles. The molecule has 0 spiro atoms. The minimum atomic E-state index is -0.225. The van der Waals surface area contributed by atoms with Crippen LogP contribution in [-0.2, 0) is 4.79 Å². The van der Waals surface area contributed by atoms with E-state index in [1.807, 2.05) is 43.3 Å². The Balaban J connectivity index is 1.69. The summed E-state index contributed by atoms with van der Waals surface area (Å²) in [5, 5.41) is 3.41. The second kappa shape index (κ2) is 8.68. The standard InChI is InChI=1S/C21H22N2O3S/c1-4-12-26-16-10-8-15(13-17(16)25-3)9-11-19(24)22-21-23-20-14(2)6-5-7-18(20)27-21/h5-11,13H,4,12H2,1-3H3,(H,22,23,24)/b11-9+. The van der Waals surface area contributed by atoms with Gasteiger partial charge in [-0.15, -0.1) is 0 Å². The molecule has 1 amide bonds. The Bertz CT molecular complexity index is 979. The van der Waals surface area contributed by atoms with Crippen molar-refractivity contribution in [2.45, 2.75) is 20.3 Å². The molecule has 2 aromatic carbocycles. The van der Waals surface area contributed by atoms with Crippen molar-refractivity contribution in [3.05, 3.63) is 53.6 Å². The molecule has 5 nitrogen and oxygen atoms in total. The number of hydrogen-bond acceptors (Lipinski definition) is 5. The van der Waals surface area contributed by atoms with Gasteiger partial charge < -0.3 is 9.47 Å². The molecule has 1 heterocycles. The molecule has 1 aromatic heterocycles. The quantitative estimate of drug-likeness (QED) is 0.581. The second-order valence-corrected chi connectivity index (χ2v) is 7.05. The normalized spacial score (nSPS) is 11.1. The molecule has 0 radical (unpaired) electrons. The van der Waals surface area contributed by atoms with Gasteiger partial charge in [-0.2, -0.15) is 0 Å². The lowest BCUT2D eigenvalue weighted by atomic mass is 10.2. The fourth-order valence-electron chi connectivity index (χ4n) is 2.58. The summed E-state index contributed by atoms with van der Waals surface area (Å²) < 4.78 is 12.1. The van der Waals surface area contributed by atoms with Gasteiger partial charge in [-0.3, -0.25) is 10.1 Å². The van der Waals surface area contributed by atoms with Gasteiger partial charge in [0.1, 0.15) is 0 Å². The fraction of sp³-hybridized carbons (Fsp3) is 0.238. The summed E-state index contributed by atoms with van der Waals surface area (Å²) in [6.07, 6.45) is 4.15. The molecule has 0 saturated heterocycles. The Kier molecular flexibility index (Phi) is 6.08. The molecule has 0 aliphatic heterocycles. The first kappa shape index (κ1) is 18.9. The topological polar surface area (TPSA) is 60.5 Å². The van der Waals surface area contributed by atoms with E-state index in [1.54, 1.807) is 13.2 Å². The minimum Gasteiger partial charge on any atom is -0.493 e. The number of amides is 1. The van der Waals surface area contributed by atoms with Crippen LogP contribution in [0.1, 0.15) is 24.5 Å². The van der Waals surface area contributed by atoms with Crippen LogP contribution in [0.4, 0.5) is 5.13 Å². The lowest BCUT2D eigenvalue weighted by Crippen LogP contribution is -2.07. The zero-order chi connectivity index (χ0) is 19.2. The van der Waals surface area contributed by atoms with Crippen molar-refractivity contribution in [1.82, 2.24) is 4.98 Å². The van der Waals surface area contributed by atoms with E-state index in [9.17, 15) is 4.79 Å². The summed E-state index contributed by atoms with van der Waals surface area (Å²) in [7, 11) is 1.60. The van der Waals surface area contributed by atoms with Crippen molar-refractivity contribution >= 4 is 38.7 Å². The van der Waals surface area contributed by atoms with Crippen LogP contribution in [0.3, 0.4) is 0 Å². The van der Waals surface area contributed by atoms with Gasteiger partial charge >= 0.3 is 0 Å². The molecule has 0 fully saturated rings. The van der Waals surface area contributed by atoms with Gasteiger partial charge in [-0.1, -0.05) is 36.5 Å². The van der Waals surface area contributed by atoms with Gasteiger partial charge in [0.05, 0.1) is 23.9 Å². The third kappa shape index (κ3) is 4.65. The number of rotatable bonds is 7. The number of hydrogen-bond donors (Lipinski definition) is 1. The van der Waals surface area contributed by atoms with Crippen molar-refractivity contribution in [2.24, 2.45) is 0 Å². The Morgan fingerprint density at radius 2 is 2.11 bits per heavy atom. The molecule has 0 aliphatic rings. The van der Waals surface area contributed by atoms with Crippen molar-refractivity contribution < 1.29 is 14.3 Å². The van der Waals surface area contributed by atoms with E-state index < -0.39 is 0 Å².